The van der Waals surface area contributed by atoms with Gasteiger partial charge in [0.2, 0.25) is 0 Å². The van der Waals surface area contributed by atoms with Gasteiger partial charge >= 0.3 is 5.97 Å². The van der Waals surface area contributed by atoms with Crippen molar-refractivity contribution >= 4 is 12.2 Å². The van der Waals surface area contributed by atoms with E-state index in [0.717, 1.165) is 0 Å². The van der Waals surface area contributed by atoms with Crippen molar-refractivity contribution in [2.24, 2.45) is 28.3 Å². The highest BCUT2D eigenvalue weighted by molar-refractivity contribution is 5.84. The second-order valence-electron chi connectivity index (χ2n) is 5.11. The lowest BCUT2D eigenvalue weighted by Crippen LogP contribution is -2.03. The Kier molecular flexibility index (Phi) is 3.37. The molecule has 86 valence electrons. The fourth-order valence-electron chi connectivity index (χ4n) is 1.73. The van der Waals surface area contributed by atoms with Gasteiger partial charge < -0.3 is 9.94 Å². The van der Waals surface area contributed by atoms with Gasteiger partial charge in [-0.15, -0.1) is 0 Å². The number of hydrogen-bond acceptors (Lipinski definition) is 3. The van der Waals surface area contributed by atoms with Crippen LogP contribution in [0.1, 0.15) is 27.7 Å². The van der Waals surface area contributed by atoms with Crippen LogP contribution in [-0.4, -0.2) is 23.9 Å². The third-order valence-corrected chi connectivity index (χ3v) is 2.88. The first-order valence-electron chi connectivity index (χ1n) is 5.25. The van der Waals surface area contributed by atoms with Gasteiger partial charge in [0.05, 0.1) is 5.92 Å². The van der Waals surface area contributed by atoms with Crippen LogP contribution in [0.2, 0.25) is 0 Å². The molecule has 4 heteroatoms. The minimum absolute atomic E-state index is 0.00200. The smallest absolute Gasteiger partial charge is 0.307 e. The predicted octanol–water partition coefficient (Wildman–Crippen LogP) is 2.00. The molecule has 4 nitrogen and oxygen atoms in total. The molecular weight excluding hydrogens is 194 g/mol. The molecule has 0 saturated heterocycles. The Bertz CT molecular complexity index is 271. The fourth-order valence-corrected chi connectivity index (χ4v) is 1.73. The molecule has 0 unspecified atom stereocenters. The summed E-state index contributed by atoms with van der Waals surface area (Å²) in [6, 6.07) is 0. The Morgan fingerprint density at radius 1 is 1.60 bits per heavy atom. The number of aliphatic carboxylic acids is 1. The zero-order chi connectivity index (χ0) is 11.6. The van der Waals surface area contributed by atoms with Crippen LogP contribution in [0.15, 0.2) is 5.16 Å². The first-order chi connectivity index (χ1) is 6.87. The van der Waals surface area contributed by atoms with Crippen molar-refractivity contribution in [3.8, 4) is 0 Å². The quantitative estimate of drug-likeness (QED) is 0.561. The van der Waals surface area contributed by atoms with Gasteiger partial charge in [0.25, 0.3) is 0 Å². The van der Waals surface area contributed by atoms with E-state index >= 15 is 0 Å². The normalized spacial score (nSPS) is 28.3. The standard InChI is InChI=1S/C11H19NO3/c1-7(2)6-15-12-5-8-9(10(13)14)11(8,3)4/h5,7-9H,6H2,1-4H3,(H,13,14)/b12-5-/t8-,9-/m0/s1. The third kappa shape index (κ3) is 2.70. The van der Waals surface area contributed by atoms with E-state index in [4.69, 9.17) is 9.94 Å². The Balaban J connectivity index is 2.38. The van der Waals surface area contributed by atoms with Gasteiger partial charge in [-0.1, -0.05) is 32.9 Å². The van der Waals surface area contributed by atoms with Crippen molar-refractivity contribution in [3.05, 3.63) is 0 Å². The number of rotatable bonds is 5. The molecule has 1 aliphatic rings. The van der Waals surface area contributed by atoms with E-state index in [1.54, 1.807) is 6.21 Å². The molecule has 0 aromatic carbocycles. The largest absolute Gasteiger partial charge is 0.481 e. The van der Waals surface area contributed by atoms with Crippen LogP contribution in [0.25, 0.3) is 0 Å². The summed E-state index contributed by atoms with van der Waals surface area (Å²) in [6.07, 6.45) is 1.63. The molecule has 0 radical (unpaired) electrons. The molecule has 1 saturated carbocycles. The Morgan fingerprint density at radius 2 is 2.20 bits per heavy atom. The van der Waals surface area contributed by atoms with E-state index < -0.39 is 5.97 Å². The van der Waals surface area contributed by atoms with Gasteiger partial charge in [-0.3, -0.25) is 4.79 Å². The second kappa shape index (κ2) is 4.21. The van der Waals surface area contributed by atoms with Gasteiger partial charge in [0, 0.05) is 12.1 Å². The molecular formula is C11H19NO3. The zero-order valence-electron chi connectivity index (χ0n) is 9.73. The Labute approximate surface area is 90.3 Å². The molecule has 0 aromatic heterocycles. The molecule has 15 heavy (non-hydrogen) atoms. The van der Waals surface area contributed by atoms with Crippen LogP contribution in [-0.2, 0) is 9.63 Å². The lowest BCUT2D eigenvalue weighted by atomic mass is 10.1. The van der Waals surface area contributed by atoms with Crippen molar-refractivity contribution in [2.45, 2.75) is 27.7 Å². The molecule has 1 fully saturated rings. The van der Waals surface area contributed by atoms with Crippen LogP contribution >= 0.6 is 0 Å². The van der Waals surface area contributed by atoms with E-state index in [9.17, 15) is 4.79 Å². The Morgan fingerprint density at radius 3 is 2.60 bits per heavy atom. The van der Waals surface area contributed by atoms with Crippen LogP contribution in [0.5, 0.6) is 0 Å². The number of hydrogen-bond donors (Lipinski definition) is 1. The van der Waals surface area contributed by atoms with E-state index in [0.29, 0.717) is 12.5 Å². The van der Waals surface area contributed by atoms with E-state index in [-0.39, 0.29) is 17.3 Å². The van der Waals surface area contributed by atoms with Crippen molar-refractivity contribution in [1.29, 1.82) is 0 Å². The molecule has 1 rings (SSSR count). The van der Waals surface area contributed by atoms with Gasteiger partial charge in [-0.2, -0.15) is 0 Å². The van der Waals surface area contributed by atoms with Gasteiger partial charge in [0.15, 0.2) is 0 Å². The summed E-state index contributed by atoms with van der Waals surface area (Å²) in [6.45, 7) is 8.52. The molecule has 2 atom stereocenters. The van der Waals surface area contributed by atoms with Crippen LogP contribution in [0, 0.1) is 23.2 Å². The molecule has 1 aliphatic carbocycles. The van der Waals surface area contributed by atoms with Crippen molar-refractivity contribution in [3.63, 3.8) is 0 Å². The number of carbonyl (C=O) groups is 1. The van der Waals surface area contributed by atoms with Gasteiger partial charge in [-0.25, -0.2) is 0 Å². The fraction of sp³-hybridized carbons (Fsp3) is 0.818. The van der Waals surface area contributed by atoms with Crippen molar-refractivity contribution in [1.82, 2.24) is 0 Å². The lowest BCUT2D eigenvalue weighted by Gasteiger charge is -2.01. The first kappa shape index (κ1) is 12.0. The van der Waals surface area contributed by atoms with Crippen molar-refractivity contribution < 1.29 is 14.7 Å². The number of oxime groups is 1. The van der Waals surface area contributed by atoms with Crippen LogP contribution < -0.4 is 0 Å². The predicted molar refractivity (Wildman–Crippen MR) is 57.7 cm³/mol. The van der Waals surface area contributed by atoms with E-state index in [2.05, 4.69) is 5.16 Å². The summed E-state index contributed by atoms with van der Waals surface area (Å²) in [4.78, 5) is 15.9. The molecule has 0 amide bonds. The van der Waals surface area contributed by atoms with E-state index in [1.165, 1.54) is 0 Å². The van der Waals surface area contributed by atoms with Crippen LogP contribution in [0.4, 0.5) is 0 Å². The average Bonchev–Trinajstić information content (AvgIpc) is 2.62. The number of carboxylic acid groups (broad SMARTS) is 1. The topological polar surface area (TPSA) is 58.9 Å². The minimum Gasteiger partial charge on any atom is -0.481 e. The molecule has 0 aliphatic heterocycles. The monoisotopic (exact) mass is 213 g/mol. The number of carboxylic acids is 1. The SMILES string of the molecule is CC(C)CO/N=C\[C@H]1[C@@H](C(=O)O)C1(C)C. The van der Waals surface area contributed by atoms with Crippen molar-refractivity contribution in [2.75, 3.05) is 6.61 Å². The summed E-state index contributed by atoms with van der Waals surface area (Å²) in [5.41, 5.74) is -0.184. The summed E-state index contributed by atoms with van der Waals surface area (Å²) < 4.78 is 0. The van der Waals surface area contributed by atoms with Gasteiger partial charge in [-0.05, 0) is 11.3 Å². The first-order valence-corrected chi connectivity index (χ1v) is 5.25. The summed E-state index contributed by atoms with van der Waals surface area (Å²) in [5, 5.41) is 12.7. The Hall–Kier alpha value is -1.06. The number of nitrogens with zero attached hydrogens (tertiary/aromatic N) is 1. The van der Waals surface area contributed by atoms with E-state index in [1.807, 2.05) is 27.7 Å². The molecule has 1 N–H and O–H groups in total. The zero-order valence-corrected chi connectivity index (χ0v) is 9.73. The molecule has 0 spiro atoms. The highest BCUT2D eigenvalue weighted by atomic mass is 16.6. The third-order valence-electron chi connectivity index (χ3n) is 2.88. The highest BCUT2D eigenvalue weighted by Crippen LogP contribution is 2.57. The van der Waals surface area contributed by atoms with Gasteiger partial charge in [0.1, 0.15) is 6.61 Å². The van der Waals surface area contributed by atoms with Crippen LogP contribution in [0.3, 0.4) is 0 Å². The highest BCUT2D eigenvalue weighted by Gasteiger charge is 2.61. The molecule has 0 heterocycles. The molecule has 0 aromatic rings. The summed E-state index contributed by atoms with van der Waals surface area (Å²) in [7, 11) is 0. The minimum atomic E-state index is -0.750. The second-order valence-corrected chi connectivity index (χ2v) is 5.11. The maximum absolute atomic E-state index is 10.8. The summed E-state index contributed by atoms with van der Waals surface area (Å²) in [5.74, 6) is -0.629. The molecule has 0 bridgehead atoms. The maximum atomic E-state index is 10.8. The lowest BCUT2D eigenvalue weighted by molar-refractivity contribution is -0.139. The summed E-state index contributed by atoms with van der Waals surface area (Å²) >= 11 is 0. The average molecular weight is 213 g/mol. The maximum Gasteiger partial charge on any atom is 0.307 e.